The van der Waals surface area contributed by atoms with Crippen LogP contribution in [-0.2, 0) is 4.79 Å². The fourth-order valence-electron chi connectivity index (χ4n) is 3.02. The van der Waals surface area contributed by atoms with Gasteiger partial charge in [-0.3, -0.25) is 4.57 Å². The molecule has 146 valence electrons. The maximum Gasteiger partial charge on any atom is 0.196 e. The first-order chi connectivity index (χ1) is 14.1. The van der Waals surface area contributed by atoms with E-state index in [-0.39, 0.29) is 5.75 Å². The molecule has 8 nitrogen and oxygen atoms in total. The van der Waals surface area contributed by atoms with Crippen LogP contribution in [0.1, 0.15) is 11.3 Å². The number of aliphatic carboxylic acids is 1. The molecule has 0 fully saturated rings. The number of aryl methyl sites for hydroxylation is 1. The lowest BCUT2D eigenvalue weighted by atomic mass is 10.2. The van der Waals surface area contributed by atoms with Crippen LogP contribution in [0.2, 0.25) is 0 Å². The monoisotopic (exact) mass is 405 g/mol. The predicted molar refractivity (Wildman–Crippen MR) is 107 cm³/mol. The number of para-hydroxylation sites is 2. The second-order valence-electron chi connectivity index (χ2n) is 6.36. The Hall–Kier alpha value is -3.46. The van der Waals surface area contributed by atoms with Gasteiger partial charge in [-0.25, -0.2) is 4.68 Å². The second kappa shape index (κ2) is 7.88. The lowest BCUT2D eigenvalue weighted by Crippen LogP contribution is -2.24. The lowest BCUT2D eigenvalue weighted by molar-refractivity contribution is -0.301. The molecule has 0 saturated carbocycles. The summed E-state index contributed by atoms with van der Waals surface area (Å²) in [5, 5.41) is 28.6. The van der Waals surface area contributed by atoms with Crippen LogP contribution < -0.4 is 5.11 Å². The van der Waals surface area contributed by atoms with Crippen LogP contribution in [0.3, 0.4) is 0 Å². The van der Waals surface area contributed by atoms with Crippen molar-refractivity contribution >= 4 is 17.7 Å². The van der Waals surface area contributed by atoms with Crippen molar-refractivity contribution in [3.63, 3.8) is 0 Å². The van der Waals surface area contributed by atoms with Gasteiger partial charge >= 0.3 is 0 Å². The smallest absolute Gasteiger partial charge is 0.196 e. The number of carbonyl (C=O) groups excluding carboxylic acids is 1. The number of nitrogens with zero attached hydrogens (tertiary/aromatic N) is 6. The Labute approximate surface area is 171 Å². The molecule has 0 radical (unpaired) electrons. The molecule has 0 aliphatic rings. The Kier molecular flexibility index (Phi) is 5.13. The number of thioether (sulfide) groups is 1. The molecule has 9 heteroatoms. The number of benzene rings is 2. The molecule has 0 bridgehead atoms. The lowest BCUT2D eigenvalue weighted by Gasteiger charge is -2.12. The van der Waals surface area contributed by atoms with E-state index in [9.17, 15) is 9.90 Å². The van der Waals surface area contributed by atoms with E-state index in [1.54, 1.807) is 4.68 Å². The van der Waals surface area contributed by atoms with E-state index in [2.05, 4.69) is 20.5 Å². The minimum atomic E-state index is -1.16. The summed E-state index contributed by atoms with van der Waals surface area (Å²) in [6, 6.07) is 17.4. The summed E-state index contributed by atoms with van der Waals surface area (Å²) in [5.41, 5.74) is 4.11. The van der Waals surface area contributed by atoms with Crippen molar-refractivity contribution in [1.82, 2.24) is 29.8 Å². The summed E-state index contributed by atoms with van der Waals surface area (Å²) in [6.07, 6.45) is 0. The number of hydrogen-bond acceptors (Lipinski definition) is 7. The third-order valence-electron chi connectivity index (χ3n) is 4.42. The zero-order chi connectivity index (χ0) is 20.4. The molecule has 0 unspecified atom stereocenters. The van der Waals surface area contributed by atoms with E-state index in [0.717, 1.165) is 34.4 Å². The van der Waals surface area contributed by atoms with E-state index < -0.39 is 5.97 Å². The maximum atomic E-state index is 11.0. The Morgan fingerprint density at radius 2 is 1.72 bits per heavy atom. The highest BCUT2D eigenvalue weighted by Gasteiger charge is 2.22. The molecule has 2 heterocycles. The third kappa shape index (κ3) is 3.64. The summed E-state index contributed by atoms with van der Waals surface area (Å²) in [6.45, 7) is 3.88. The first kappa shape index (κ1) is 18.9. The molecule has 0 saturated heterocycles. The number of carboxylic acid groups (broad SMARTS) is 1. The van der Waals surface area contributed by atoms with Gasteiger partial charge in [-0.15, -0.1) is 15.3 Å². The van der Waals surface area contributed by atoms with Gasteiger partial charge in [-0.05, 0) is 37.6 Å². The molecule has 2 aromatic carbocycles. The molecule has 0 atom stereocenters. The van der Waals surface area contributed by atoms with Gasteiger partial charge in [0.2, 0.25) is 0 Å². The van der Waals surface area contributed by atoms with E-state index in [1.807, 2.05) is 73.0 Å². The predicted octanol–water partition coefficient (Wildman–Crippen LogP) is 1.97. The quantitative estimate of drug-likeness (QED) is 0.452. The number of carbonyl (C=O) groups is 1. The highest BCUT2D eigenvalue weighted by atomic mass is 32.2. The average Bonchev–Trinajstić information content (AvgIpc) is 3.30. The van der Waals surface area contributed by atoms with E-state index in [0.29, 0.717) is 16.7 Å². The number of rotatable bonds is 6. The minimum Gasteiger partial charge on any atom is -0.549 e. The van der Waals surface area contributed by atoms with Crippen LogP contribution in [-0.4, -0.2) is 41.5 Å². The molecule has 4 aromatic rings. The standard InChI is InChI=1S/C20H18N6O2S/c1-13-8-6-7-11-16(13)25-19(22-23-20(25)29-12-17(27)28)18-14(2)26(24-21-18)15-9-4-3-5-10-15/h3-11H,12H2,1-2H3,(H,27,28)/p-1. The van der Waals surface area contributed by atoms with Crippen molar-refractivity contribution in [3.8, 4) is 22.9 Å². The Morgan fingerprint density at radius 3 is 2.45 bits per heavy atom. The number of hydrogen-bond donors (Lipinski definition) is 0. The van der Waals surface area contributed by atoms with Crippen molar-refractivity contribution in [1.29, 1.82) is 0 Å². The summed E-state index contributed by atoms with van der Waals surface area (Å²) < 4.78 is 3.55. The van der Waals surface area contributed by atoms with Crippen molar-refractivity contribution in [2.45, 2.75) is 19.0 Å². The zero-order valence-electron chi connectivity index (χ0n) is 15.8. The summed E-state index contributed by atoms with van der Waals surface area (Å²) in [5.74, 6) is -0.887. The maximum absolute atomic E-state index is 11.0. The molecule has 0 spiro atoms. The summed E-state index contributed by atoms with van der Waals surface area (Å²) in [7, 11) is 0. The van der Waals surface area contributed by atoms with Crippen LogP contribution in [0.5, 0.6) is 0 Å². The average molecular weight is 405 g/mol. The first-order valence-corrected chi connectivity index (χ1v) is 9.87. The topological polar surface area (TPSA) is 102 Å². The summed E-state index contributed by atoms with van der Waals surface area (Å²) in [4.78, 5) is 11.0. The fraction of sp³-hybridized carbons (Fsp3) is 0.150. The van der Waals surface area contributed by atoms with Gasteiger partial charge in [-0.1, -0.05) is 53.4 Å². The molecule has 0 amide bonds. The summed E-state index contributed by atoms with van der Waals surface area (Å²) >= 11 is 1.06. The van der Waals surface area contributed by atoms with Crippen molar-refractivity contribution in [2.75, 3.05) is 5.75 Å². The molecule has 0 N–H and O–H groups in total. The molecule has 4 rings (SSSR count). The molecular formula is C20H17N6O2S-. The minimum absolute atomic E-state index is 0.223. The molecular weight excluding hydrogens is 388 g/mol. The van der Waals surface area contributed by atoms with Crippen LogP contribution in [0.15, 0.2) is 59.8 Å². The highest BCUT2D eigenvalue weighted by Crippen LogP contribution is 2.30. The van der Waals surface area contributed by atoms with Gasteiger partial charge in [0.05, 0.1) is 23.0 Å². The number of aromatic nitrogens is 6. The van der Waals surface area contributed by atoms with Crippen molar-refractivity contribution < 1.29 is 9.90 Å². The largest absolute Gasteiger partial charge is 0.549 e. The Morgan fingerprint density at radius 1 is 1.00 bits per heavy atom. The highest BCUT2D eigenvalue weighted by molar-refractivity contribution is 7.99. The SMILES string of the molecule is Cc1ccccc1-n1c(SCC(=O)[O-])nnc1-c1nnn(-c2ccccc2)c1C. The Balaban J connectivity index is 1.86. The van der Waals surface area contributed by atoms with E-state index >= 15 is 0 Å². The van der Waals surface area contributed by atoms with E-state index in [4.69, 9.17) is 0 Å². The van der Waals surface area contributed by atoms with Crippen LogP contribution in [0, 0.1) is 13.8 Å². The number of carboxylic acids is 1. The zero-order valence-corrected chi connectivity index (χ0v) is 16.6. The molecule has 0 aliphatic heterocycles. The van der Waals surface area contributed by atoms with Gasteiger partial charge < -0.3 is 9.90 Å². The van der Waals surface area contributed by atoms with Gasteiger partial charge in [0, 0.05) is 5.75 Å². The molecule has 2 aromatic heterocycles. The molecule has 29 heavy (non-hydrogen) atoms. The van der Waals surface area contributed by atoms with Crippen LogP contribution in [0.4, 0.5) is 0 Å². The third-order valence-corrected chi connectivity index (χ3v) is 5.32. The fourth-order valence-corrected chi connectivity index (χ4v) is 3.68. The van der Waals surface area contributed by atoms with Gasteiger partial charge in [0.25, 0.3) is 0 Å². The van der Waals surface area contributed by atoms with E-state index in [1.165, 1.54) is 0 Å². The Bertz CT molecular complexity index is 1170. The van der Waals surface area contributed by atoms with Crippen molar-refractivity contribution in [2.24, 2.45) is 0 Å². The molecule has 0 aliphatic carbocycles. The second-order valence-corrected chi connectivity index (χ2v) is 7.30. The van der Waals surface area contributed by atoms with Gasteiger partial charge in [-0.2, -0.15) is 0 Å². The first-order valence-electron chi connectivity index (χ1n) is 8.88. The normalized spacial score (nSPS) is 11.0. The van der Waals surface area contributed by atoms with Gasteiger partial charge in [0.15, 0.2) is 16.7 Å². The van der Waals surface area contributed by atoms with Crippen LogP contribution >= 0.6 is 11.8 Å². The van der Waals surface area contributed by atoms with Crippen LogP contribution in [0.25, 0.3) is 22.9 Å². The van der Waals surface area contributed by atoms with Crippen molar-refractivity contribution in [3.05, 3.63) is 65.9 Å². The van der Waals surface area contributed by atoms with Gasteiger partial charge in [0.1, 0.15) is 0 Å².